The zero-order valence-electron chi connectivity index (χ0n) is 4.24. The number of rotatable bonds is 0. The Morgan fingerprint density at radius 3 is 1.22 bits per heavy atom. The van der Waals surface area contributed by atoms with Gasteiger partial charge in [-0.05, 0) is 0 Å². The van der Waals surface area contributed by atoms with Gasteiger partial charge in [0.05, 0.1) is 0 Å². The Morgan fingerprint density at radius 1 is 1.00 bits per heavy atom. The molecule has 9 heavy (non-hydrogen) atoms. The Labute approximate surface area is 69.1 Å². The molecule has 48 valence electrons. The summed E-state index contributed by atoms with van der Waals surface area (Å²) in [5.74, 6) is 0. The van der Waals surface area contributed by atoms with E-state index in [1.54, 1.807) is 0 Å². The maximum atomic E-state index is 8.07. The molecule has 0 aliphatic rings. The summed E-state index contributed by atoms with van der Waals surface area (Å²) in [7, 11) is 1.86. The van der Waals surface area contributed by atoms with Crippen LogP contribution in [0.3, 0.4) is 0 Å². The molecule has 0 aliphatic carbocycles. The molecule has 0 aromatic heterocycles. The summed E-state index contributed by atoms with van der Waals surface area (Å²) in [5, 5.41) is 22.7. The Morgan fingerprint density at radius 2 is 1.22 bits per heavy atom. The van der Waals surface area contributed by atoms with E-state index >= 15 is 0 Å². The van der Waals surface area contributed by atoms with Crippen LogP contribution in [-0.2, 0) is 20.4 Å². The first kappa shape index (κ1) is 11.4. The van der Waals surface area contributed by atoms with Crippen LogP contribution in [0.2, 0.25) is 0 Å². The van der Waals surface area contributed by atoms with E-state index in [1.807, 2.05) is 9.24 Å². The van der Waals surface area contributed by atoms with E-state index in [2.05, 4.69) is 0 Å². The first-order valence-corrected chi connectivity index (χ1v) is 2.29. The van der Waals surface area contributed by atoms with Crippen LogP contribution in [0.25, 0.3) is 0 Å². The van der Waals surface area contributed by atoms with Gasteiger partial charge in [0.25, 0.3) is 0 Å². The van der Waals surface area contributed by atoms with E-state index in [9.17, 15) is 0 Å². The van der Waals surface area contributed by atoms with Crippen molar-refractivity contribution in [3.05, 3.63) is 0 Å². The molecule has 0 bridgehead atoms. The molecule has 0 aliphatic heterocycles. The molecule has 0 heterocycles. The van der Waals surface area contributed by atoms with Gasteiger partial charge in [-0.25, -0.2) is 0 Å². The van der Waals surface area contributed by atoms with Gasteiger partial charge >= 0.3 is 0 Å². The van der Waals surface area contributed by atoms with Gasteiger partial charge in [-0.15, -0.1) is 0 Å². The zero-order chi connectivity index (χ0) is 6.62. The van der Waals surface area contributed by atoms with Gasteiger partial charge in [0.1, 0.15) is 18.2 Å². The predicted octanol–water partition coefficient (Wildman–Crippen LogP) is 0.169. The Bertz CT molecular complexity index is 169. The largest absolute Gasteiger partial charge is 0.240 e. The van der Waals surface area contributed by atoms with Crippen molar-refractivity contribution in [2.45, 2.75) is 5.16 Å². The second kappa shape index (κ2) is 4.44. The Balaban J connectivity index is 0. The van der Waals surface area contributed by atoms with Crippen LogP contribution in [0, 0.1) is 34.0 Å². The fraction of sp³-hybridized carbons (Fsp3) is 0.250. The molecule has 0 rings (SSSR count). The van der Waals surface area contributed by atoms with Crippen molar-refractivity contribution in [2.24, 2.45) is 0 Å². The molecule has 0 aromatic carbocycles. The minimum atomic E-state index is -1.54. The van der Waals surface area contributed by atoms with Crippen molar-refractivity contribution in [2.75, 3.05) is 0 Å². The van der Waals surface area contributed by atoms with Gasteiger partial charge in [0, 0.05) is 20.4 Å². The van der Waals surface area contributed by atoms with Crippen molar-refractivity contribution in [1.29, 1.82) is 15.8 Å². The minimum Gasteiger partial charge on any atom is -0.195 e. The molecule has 0 aromatic rings. The van der Waals surface area contributed by atoms with Crippen molar-refractivity contribution in [3.8, 4) is 18.2 Å². The van der Waals surface area contributed by atoms with E-state index in [0.717, 1.165) is 0 Å². The summed E-state index contributed by atoms with van der Waals surface area (Å²) >= 11 is 0. The maximum absolute atomic E-state index is 8.07. The Kier molecular flexibility index (Phi) is 5.61. The number of nitrogens with zero attached hydrogens (tertiary/aromatic N) is 3. The van der Waals surface area contributed by atoms with Gasteiger partial charge in [-0.1, -0.05) is 9.24 Å². The molecule has 0 saturated carbocycles. The van der Waals surface area contributed by atoms with Gasteiger partial charge < -0.3 is 0 Å². The third-order valence-electron chi connectivity index (χ3n) is 0.529. The smallest absolute Gasteiger partial charge is 0.195 e. The average Bonchev–Trinajstić information content (AvgIpc) is 1.87. The van der Waals surface area contributed by atoms with Crippen LogP contribution in [0.1, 0.15) is 0 Å². The summed E-state index contributed by atoms with van der Waals surface area (Å²) in [4.78, 5) is 0. The standard InChI is InChI=1S/C4H2N3P.Pd/c5-1-4(8,2-6)3-7;/h8H2;. The monoisotopic (exact) mass is 229 g/mol. The molecule has 0 fully saturated rings. The van der Waals surface area contributed by atoms with Gasteiger partial charge in [-0.3, -0.25) is 0 Å². The van der Waals surface area contributed by atoms with Crippen molar-refractivity contribution in [1.82, 2.24) is 0 Å². The fourth-order valence-corrected chi connectivity index (χ4v) is 0.0750. The van der Waals surface area contributed by atoms with E-state index < -0.39 is 5.16 Å². The van der Waals surface area contributed by atoms with Crippen LogP contribution >= 0.6 is 9.24 Å². The molecule has 1 unspecified atom stereocenters. The molecule has 0 saturated heterocycles. The summed E-state index contributed by atoms with van der Waals surface area (Å²) < 4.78 is 0. The van der Waals surface area contributed by atoms with Crippen molar-refractivity contribution < 1.29 is 20.4 Å². The van der Waals surface area contributed by atoms with E-state index in [-0.39, 0.29) is 20.4 Å². The molecule has 3 nitrogen and oxygen atoms in total. The number of nitriles is 3. The van der Waals surface area contributed by atoms with Crippen LogP contribution < -0.4 is 0 Å². The summed E-state index contributed by atoms with van der Waals surface area (Å²) in [6.07, 6.45) is 0. The average molecular weight is 229 g/mol. The number of hydrogen-bond acceptors (Lipinski definition) is 3. The minimum absolute atomic E-state index is 0. The zero-order valence-corrected chi connectivity index (χ0v) is 6.94. The summed E-state index contributed by atoms with van der Waals surface area (Å²) in [5.41, 5.74) is 0. The fourth-order valence-electron chi connectivity index (χ4n) is 0.0750. The molecule has 5 heteroatoms. The third-order valence-corrected chi connectivity index (χ3v) is 0.916. The van der Waals surface area contributed by atoms with Gasteiger partial charge in [-0.2, -0.15) is 15.8 Å². The van der Waals surface area contributed by atoms with Crippen LogP contribution in [-0.4, -0.2) is 5.16 Å². The van der Waals surface area contributed by atoms with Gasteiger partial charge in [0.2, 0.25) is 5.16 Å². The summed E-state index contributed by atoms with van der Waals surface area (Å²) in [6, 6.07) is 4.56. The number of hydrogen-bond donors (Lipinski definition) is 0. The van der Waals surface area contributed by atoms with E-state index in [4.69, 9.17) is 15.8 Å². The first-order valence-electron chi connectivity index (χ1n) is 1.71. The summed E-state index contributed by atoms with van der Waals surface area (Å²) in [6.45, 7) is 0. The van der Waals surface area contributed by atoms with E-state index in [1.165, 1.54) is 18.2 Å². The van der Waals surface area contributed by atoms with Crippen LogP contribution in [0.4, 0.5) is 0 Å². The molecular weight excluding hydrogens is 227 g/mol. The first-order chi connectivity index (χ1) is 3.68. The van der Waals surface area contributed by atoms with E-state index in [0.29, 0.717) is 0 Å². The molecular formula is C4H2N3PPd. The molecule has 0 radical (unpaired) electrons. The van der Waals surface area contributed by atoms with Crippen LogP contribution in [0.5, 0.6) is 0 Å². The topological polar surface area (TPSA) is 71.4 Å². The quantitative estimate of drug-likeness (QED) is 0.439. The normalized spacial score (nSPS) is 7.33. The Hall–Kier alpha value is -0.438. The molecule has 1 atom stereocenters. The SMILES string of the molecule is N#CC(P)(C#N)C#N.[Pd]. The molecule has 0 amide bonds. The second-order valence-corrected chi connectivity index (χ2v) is 2.01. The molecule has 0 N–H and O–H groups in total. The molecule has 0 spiro atoms. The maximum Gasteiger partial charge on any atom is 0.240 e. The third kappa shape index (κ3) is 3.19. The van der Waals surface area contributed by atoms with Crippen LogP contribution in [0.15, 0.2) is 0 Å². The van der Waals surface area contributed by atoms with Crippen molar-refractivity contribution >= 4 is 9.24 Å². The van der Waals surface area contributed by atoms with Crippen molar-refractivity contribution in [3.63, 3.8) is 0 Å². The van der Waals surface area contributed by atoms with Gasteiger partial charge in [0.15, 0.2) is 0 Å². The predicted molar refractivity (Wildman–Crippen MR) is 29.3 cm³/mol. The second-order valence-electron chi connectivity index (χ2n) is 1.14.